The molecule has 0 fully saturated rings. The fourth-order valence-corrected chi connectivity index (χ4v) is 3.56. The van der Waals surface area contributed by atoms with Gasteiger partial charge in [-0.15, -0.1) is 0 Å². The SMILES string of the molecule is Cc1c(C(C)(C)C)ccc2c1oc1ccc3ccccc3c12. The molecule has 0 saturated carbocycles. The van der Waals surface area contributed by atoms with Gasteiger partial charge in [-0.3, -0.25) is 0 Å². The van der Waals surface area contributed by atoms with Gasteiger partial charge in [0, 0.05) is 10.8 Å². The summed E-state index contributed by atoms with van der Waals surface area (Å²) in [4.78, 5) is 0. The number of furan rings is 1. The van der Waals surface area contributed by atoms with Crippen LogP contribution in [0.5, 0.6) is 0 Å². The lowest BCUT2D eigenvalue weighted by atomic mass is 9.83. The Hall–Kier alpha value is -2.28. The van der Waals surface area contributed by atoms with E-state index in [1.54, 1.807) is 0 Å². The molecular formula is C21H20O. The molecule has 1 nitrogen and oxygen atoms in total. The zero-order valence-corrected chi connectivity index (χ0v) is 13.5. The van der Waals surface area contributed by atoms with Gasteiger partial charge in [-0.2, -0.15) is 0 Å². The fourth-order valence-electron chi connectivity index (χ4n) is 3.56. The third-order valence-corrected chi connectivity index (χ3v) is 4.59. The molecule has 0 atom stereocenters. The van der Waals surface area contributed by atoms with Crippen LogP contribution >= 0.6 is 0 Å². The number of hydrogen-bond donors (Lipinski definition) is 0. The highest BCUT2D eigenvalue weighted by Gasteiger charge is 2.20. The van der Waals surface area contributed by atoms with Crippen LogP contribution in [-0.2, 0) is 5.41 Å². The molecule has 4 rings (SSSR count). The van der Waals surface area contributed by atoms with E-state index >= 15 is 0 Å². The Morgan fingerprint density at radius 2 is 1.59 bits per heavy atom. The summed E-state index contributed by atoms with van der Waals surface area (Å²) in [5.74, 6) is 0. The van der Waals surface area contributed by atoms with E-state index < -0.39 is 0 Å². The molecule has 110 valence electrons. The number of hydrogen-bond acceptors (Lipinski definition) is 1. The minimum Gasteiger partial charge on any atom is -0.456 e. The second-order valence-electron chi connectivity index (χ2n) is 7.13. The average Bonchev–Trinajstić information content (AvgIpc) is 2.86. The Balaban J connectivity index is 2.19. The molecule has 4 aromatic rings. The molecular weight excluding hydrogens is 268 g/mol. The van der Waals surface area contributed by atoms with Crippen molar-refractivity contribution in [3.8, 4) is 0 Å². The van der Waals surface area contributed by atoms with E-state index in [0.717, 1.165) is 11.2 Å². The van der Waals surface area contributed by atoms with Crippen molar-refractivity contribution >= 4 is 32.7 Å². The van der Waals surface area contributed by atoms with E-state index in [4.69, 9.17) is 4.42 Å². The van der Waals surface area contributed by atoms with Crippen LogP contribution in [0, 0.1) is 6.92 Å². The molecule has 1 heteroatoms. The van der Waals surface area contributed by atoms with Crippen molar-refractivity contribution in [3.63, 3.8) is 0 Å². The summed E-state index contributed by atoms with van der Waals surface area (Å²) in [5, 5.41) is 4.98. The second kappa shape index (κ2) is 4.36. The predicted octanol–water partition coefficient (Wildman–Crippen LogP) is 6.35. The highest BCUT2D eigenvalue weighted by atomic mass is 16.3. The van der Waals surface area contributed by atoms with Crippen molar-refractivity contribution in [1.82, 2.24) is 0 Å². The van der Waals surface area contributed by atoms with Crippen LogP contribution in [0.4, 0.5) is 0 Å². The van der Waals surface area contributed by atoms with Gasteiger partial charge in [0.05, 0.1) is 0 Å². The van der Waals surface area contributed by atoms with E-state index in [1.165, 1.54) is 32.7 Å². The van der Waals surface area contributed by atoms with Gasteiger partial charge in [0.2, 0.25) is 0 Å². The molecule has 0 bridgehead atoms. The van der Waals surface area contributed by atoms with Crippen LogP contribution in [0.3, 0.4) is 0 Å². The quantitative estimate of drug-likeness (QED) is 0.367. The maximum Gasteiger partial charge on any atom is 0.138 e. The molecule has 0 unspecified atom stereocenters. The van der Waals surface area contributed by atoms with Crippen molar-refractivity contribution in [3.05, 3.63) is 59.7 Å². The van der Waals surface area contributed by atoms with Gasteiger partial charge in [-0.05, 0) is 40.3 Å². The Bertz CT molecular complexity index is 1010. The van der Waals surface area contributed by atoms with Crippen LogP contribution in [0.1, 0.15) is 31.9 Å². The van der Waals surface area contributed by atoms with Crippen LogP contribution in [0.15, 0.2) is 52.9 Å². The van der Waals surface area contributed by atoms with Gasteiger partial charge in [0.1, 0.15) is 11.2 Å². The summed E-state index contributed by atoms with van der Waals surface area (Å²) in [5.41, 5.74) is 4.73. The number of aryl methyl sites for hydroxylation is 1. The van der Waals surface area contributed by atoms with Crippen LogP contribution in [-0.4, -0.2) is 0 Å². The summed E-state index contributed by atoms with van der Waals surface area (Å²) >= 11 is 0. The minimum absolute atomic E-state index is 0.124. The van der Waals surface area contributed by atoms with E-state index in [1.807, 2.05) is 0 Å². The molecule has 0 aliphatic heterocycles. The monoisotopic (exact) mass is 288 g/mol. The summed E-state index contributed by atoms with van der Waals surface area (Å²) in [6.07, 6.45) is 0. The van der Waals surface area contributed by atoms with Gasteiger partial charge in [0.25, 0.3) is 0 Å². The van der Waals surface area contributed by atoms with Gasteiger partial charge in [-0.1, -0.05) is 63.2 Å². The third-order valence-electron chi connectivity index (χ3n) is 4.59. The Morgan fingerprint density at radius 1 is 0.818 bits per heavy atom. The summed E-state index contributed by atoms with van der Waals surface area (Å²) in [6, 6.07) is 17.2. The summed E-state index contributed by atoms with van der Waals surface area (Å²) < 4.78 is 6.23. The first kappa shape index (κ1) is 13.4. The zero-order chi connectivity index (χ0) is 15.5. The standard InChI is InChI=1S/C21H20O/c1-13-17(21(2,3)4)11-10-16-19-15-8-6-5-7-14(15)9-12-18(19)22-20(13)16/h5-12H,1-4H3. The first-order chi connectivity index (χ1) is 10.5. The van der Waals surface area contributed by atoms with E-state index in [2.05, 4.69) is 76.2 Å². The molecule has 0 spiro atoms. The first-order valence-electron chi connectivity index (χ1n) is 7.81. The van der Waals surface area contributed by atoms with Crippen molar-refractivity contribution in [1.29, 1.82) is 0 Å². The number of benzene rings is 3. The van der Waals surface area contributed by atoms with Gasteiger partial charge in [0.15, 0.2) is 0 Å². The van der Waals surface area contributed by atoms with E-state index in [0.29, 0.717) is 0 Å². The highest BCUT2D eigenvalue weighted by molar-refractivity contribution is 6.19. The smallest absolute Gasteiger partial charge is 0.138 e. The van der Waals surface area contributed by atoms with Gasteiger partial charge >= 0.3 is 0 Å². The van der Waals surface area contributed by atoms with Crippen molar-refractivity contribution in [2.24, 2.45) is 0 Å². The molecule has 0 aliphatic carbocycles. The number of fused-ring (bicyclic) bond motifs is 5. The molecule has 22 heavy (non-hydrogen) atoms. The summed E-state index contributed by atoms with van der Waals surface area (Å²) in [6.45, 7) is 8.92. The number of rotatable bonds is 0. The molecule has 0 radical (unpaired) electrons. The second-order valence-corrected chi connectivity index (χ2v) is 7.13. The average molecular weight is 288 g/mol. The highest BCUT2D eigenvalue weighted by Crippen LogP contribution is 2.38. The lowest BCUT2D eigenvalue weighted by Gasteiger charge is -2.21. The van der Waals surface area contributed by atoms with Gasteiger partial charge in [-0.25, -0.2) is 0 Å². The molecule has 1 heterocycles. The lowest BCUT2D eigenvalue weighted by molar-refractivity contribution is 0.582. The predicted molar refractivity (Wildman–Crippen MR) is 94.7 cm³/mol. The topological polar surface area (TPSA) is 13.1 Å². The van der Waals surface area contributed by atoms with Crippen LogP contribution < -0.4 is 0 Å². The largest absolute Gasteiger partial charge is 0.456 e. The normalized spacial score (nSPS) is 12.5. The maximum atomic E-state index is 6.23. The minimum atomic E-state index is 0.124. The van der Waals surface area contributed by atoms with Gasteiger partial charge < -0.3 is 4.42 Å². The molecule has 0 saturated heterocycles. The van der Waals surface area contributed by atoms with Crippen molar-refractivity contribution < 1.29 is 4.42 Å². The molecule has 1 aromatic heterocycles. The Morgan fingerprint density at radius 3 is 2.36 bits per heavy atom. The molecule has 0 aliphatic rings. The van der Waals surface area contributed by atoms with E-state index in [-0.39, 0.29) is 5.41 Å². The molecule has 0 amide bonds. The van der Waals surface area contributed by atoms with Crippen molar-refractivity contribution in [2.45, 2.75) is 33.1 Å². The lowest BCUT2D eigenvalue weighted by Crippen LogP contribution is -2.12. The fraction of sp³-hybridized carbons (Fsp3) is 0.238. The first-order valence-corrected chi connectivity index (χ1v) is 7.81. The maximum absolute atomic E-state index is 6.23. The van der Waals surface area contributed by atoms with Crippen LogP contribution in [0.2, 0.25) is 0 Å². The Kier molecular flexibility index (Phi) is 2.65. The summed E-state index contributed by atoms with van der Waals surface area (Å²) in [7, 11) is 0. The van der Waals surface area contributed by atoms with Crippen LogP contribution in [0.25, 0.3) is 32.7 Å². The molecule has 3 aromatic carbocycles. The Labute approximate surface area is 130 Å². The zero-order valence-electron chi connectivity index (χ0n) is 13.5. The van der Waals surface area contributed by atoms with E-state index in [9.17, 15) is 0 Å². The molecule has 0 N–H and O–H groups in total. The van der Waals surface area contributed by atoms with Crippen molar-refractivity contribution in [2.75, 3.05) is 0 Å². The third kappa shape index (κ3) is 1.78.